The molecule has 2 unspecified atom stereocenters. The van der Waals surface area contributed by atoms with Crippen molar-refractivity contribution in [3.8, 4) is 0 Å². The standard InChI is InChI=1S/C11H14N2O4S/c14-10(8-5-18-6-12-8)13-9(11(15)16)7-2-1-3-17-4-7/h5-7,9H,1-4H2,(H,13,14)(H,15,16). The van der Waals surface area contributed by atoms with Crippen molar-refractivity contribution in [3.63, 3.8) is 0 Å². The zero-order valence-electron chi connectivity index (χ0n) is 9.67. The third kappa shape index (κ3) is 3.05. The number of carbonyl (C=O) groups is 2. The summed E-state index contributed by atoms with van der Waals surface area (Å²) in [4.78, 5) is 26.9. The van der Waals surface area contributed by atoms with Gasteiger partial charge in [0.1, 0.15) is 11.7 Å². The predicted octanol–water partition coefficient (Wildman–Crippen LogP) is 0.753. The Bertz CT molecular complexity index is 415. The van der Waals surface area contributed by atoms with Crippen molar-refractivity contribution >= 4 is 23.2 Å². The molecule has 0 bridgehead atoms. The zero-order valence-corrected chi connectivity index (χ0v) is 10.5. The maximum atomic E-state index is 11.8. The van der Waals surface area contributed by atoms with Crippen LogP contribution >= 0.6 is 11.3 Å². The first-order chi connectivity index (χ1) is 8.68. The van der Waals surface area contributed by atoms with Crippen molar-refractivity contribution in [3.05, 3.63) is 16.6 Å². The predicted molar refractivity (Wildman–Crippen MR) is 64.5 cm³/mol. The second-order valence-corrected chi connectivity index (χ2v) is 4.86. The van der Waals surface area contributed by atoms with Crippen LogP contribution < -0.4 is 5.32 Å². The Kier molecular flexibility index (Phi) is 4.27. The second kappa shape index (κ2) is 5.92. The third-order valence-electron chi connectivity index (χ3n) is 2.88. The van der Waals surface area contributed by atoms with E-state index in [2.05, 4.69) is 10.3 Å². The highest BCUT2D eigenvalue weighted by molar-refractivity contribution is 7.07. The number of thiazole rings is 1. The van der Waals surface area contributed by atoms with Gasteiger partial charge in [-0.2, -0.15) is 0 Å². The Hall–Kier alpha value is -1.47. The van der Waals surface area contributed by atoms with E-state index in [9.17, 15) is 14.7 Å². The lowest BCUT2D eigenvalue weighted by Crippen LogP contribution is -2.48. The molecule has 1 aromatic rings. The summed E-state index contributed by atoms with van der Waals surface area (Å²) in [5.41, 5.74) is 1.79. The Morgan fingerprint density at radius 1 is 1.61 bits per heavy atom. The lowest BCUT2D eigenvalue weighted by molar-refractivity contribution is -0.142. The molecule has 0 spiro atoms. The zero-order chi connectivity index (χ0) is 13.0. The highest BCUT2D eigenvalue weighted by Gasteiger charge is 2.31. The van der Waals surface area contributed by atoms with Gasteiger partial charge in [0, 0.05) is 17.9 Å². The summed E-state index contributed by atoms with van der Waals surface area (Å²) in [6.45, 7) is 1.02. The first-order valence-electron chi connectivity index (χ1n) is 5.68. The molecule has 2 heterocycles. The molecule has 0 aromatic carbocycles. The summed E-state index contributed by atoms with van der Waals surface area (Å²) in [7, 11) is 0. The molecule has 2 rings (SSSR count). The Labute approximate surface area is 108 Å². The summed E-state index contributed by atoms with van der Waals surface area (Å²) < 4.78 is 5.26. The number of carbonyl (C=O) groups excluding carboxylic acids is 1. The van der Waals surface area contributed by atoms with Crippen LogP contribution in [0, 0.1) is 5.92 Å². The number of ether oxygens (including phenoxy) is 1. The van der Waals surface area contributed by atoms with Crippen LogP contribution in [0.5, 0.6) is 0 Å². The summed E-state index contributed by atoms with van der Waals surface area (Å²) in [5.74, 6) is -1.66. The lowest BCUT2D eigenvalue weighted by Gasteiger charge is -2.27. The monoisotopic (exact) mass is 270 g/mol. The fourth-order valence-corrected chi connectivity index (χ4v) is 2.48. The number of aliphatic carboxylic acids is 1. The molecule has 0 radical (unpaired) electrons. The quantitative estimate of drug-likeness (QED) is 0.843. The first-order valence-corrected chi connectivity index (χ1v) is 6.62. The second-order valence-electron chi connectivity index (χ2n) is 4.14. The summed E-state index contributed by atoms with van der Waals surface area (Å²) in [6.07, 6.45) is 1.56. The normalized spacial score (nSPS) is 21.2. The van der Waals surface area contributed by atoms with Crippen LogP contribution in [0.15, 0.2) is 10.9 Å². The number of aromatic nitrogens is 1. The third-order valence-corrected chi connectivity index (χ3v) is 3.47. The molecule has 1 aliphatic rings. The van der Waals surface area contributed by atoms with Gasteiger partial charge in [-0.1, -0.05) is 0 Å². The number of carboxylic acids is 1. The van der Waals surface area contributed by atoms with Crippen molar-refractivity contribution in [2.24, 2.45) is 5.92 Å². The van der Waals surface area contributed by atoms with Gasteiger partial charge in [0.15, 0.2) is 0 Å². The number of hydrogen-bond acceptors (Lipinski definition) is 5. The van der Waals surface area contributed by atoms with Crippen molar-refractivity contribution < 1.29 is 19.4 Å². The van der Waals surface area contributed by atoms with Crippen LogP contribution in [-0.2, 0) is 9.53 Å². The smallest absolute Gasteiger partial charge is 0.326 e. The van der Waals surface area contributed by atoms with Crippen molar-refractivity contribution in [2.45, 2.75) is 18.9 Å². The van der Waals surface area contributed by atoms with E-state index >= 15 is 0 Å². The highest BCUT2D eigenvalue weighted by Crippen LogP contribution is 2.18. The van der Waals surface area contributed by atoms with E-state index in [1.54, 1.807) is 5.38 Å². The molecule has 2 atom stereocenters. The molecule has 18 heavy (non-hydrogen) atoms. The average molecular weight is 270 g/mol. The number of nitrogens with one attached hydrogen (secondary N) is 1. The van der Waals surface area contributed by atoms with Gasteiger partial charge in [-0.3, -0.25) is 4.79 Å². The van der Waals surface area contributed by atoms with Gasteiger partial charge in [-0.15, -0.1) is 11.3 Å². The van der Waals surface area contributed by atoms with E-state index in [0.29, 0.717) is 13.2 Å². The van der Waals surface area contributed by atoms with E-state index in [-0.39, 0.29) is 11.6 Å². The summed E-state index contributed by atoms with van der Waals surface area (Å²) in [5, 5.41) is 13.3. The SMILES string of the molecule is O=C(NC(C(=O)O)C1CCCOC1)c1cscn1. The molecular formula is C11H14N2O4S. The molecule has 1 aromatic heterocycles. The Balaban J connectivity index is 2.02. The van der Waals surface area contributed by atoms with Crippen LogP contribution in [0.3, 0.4) is 0 Å². The molecule has 7 heteroatoms. The fourth-order valence-electron chi connectivity index (χ4n) is 1.95. The van der Waals surface area contributed by atoms with Gasteiger partial charge < -0.3 is 15.2 Å². The number of hydrogen-bond donors (Lipinski definition) is 2. The van der Waals surface area contributed by atoms with Crippen LogP contribution in [0.25, 0.3) is 0 Å². The number of rotatable bonds is 4. The topological polar surface area (TPSA) is 88.5 Å². The molecular weight excluding hydrogens is 256 g/mol. The molecule has 2 N–H and O–H groups in total. The van der Waals surface area contributed by atoms with E-state index in [1.165, 1.54) is 16.8 Å². The minimum absolute atomic E-state index is 0.182. The lowest BCUT2D eigenvalue weighted by atomic mass is 9.93. The first kappa shape index (κ1) is 13.0. The van der Waals surface area contributed by atoms with Crippen molar-refractivity contribution in [1.29, 1.82) is 0 Å². The number of amides is 1. The van der Waals surface area contributed by atoms with E-state index in [0.717, 1.165) is 12.8 Å². The van der Waals surface area contributed by atoms with E-state index < -0.39 is 17.9 Å². The van der Waals surface area contributed by atoms with Gasteiger partial charge in [0.05, 0.1) is 12.1 Å². The fraction of sp³-hybridized carbons (Fsp3) is 0.545. The van der Waals surface area contributed by atoms with Crippen LogP contribution in [-0.4, -0.2) is 41.2 Å². The van der Waals surface area contributed by atoms with E-state index in [1.807, 2.05) is 0 Å². The van der Waals surface area contributed by atoms with Gasteiger partial charge in [-0.25, -0.2) is 9.78 Å². The summed E-state index contributed by atoms with van der Waals surface area (Å²) >= 11 is 1.29. The molecule has 1 aliphatic heterocycles. The van der Waals surface area contributed by atoms with Gasteiger partial charge in [0.2, 0.25) is 0 Å². The van der Waals surface area contributed by atoms with Crippen LogP contribution in [0.1, 0.15) is 23.3 Å². The molecule has 0 saturated carbocycles. The van der Waals surface area contributed by atoms with Gasteiger partial charge in [-0.05, 0) is 12.8 Å². The maximum absolute atomic E-state index is 11.8. The molecule has 98 valence electrons. The number of nitrogens with zero attached hydrogens (tertiary/aromatic N) is 1. The minimum Gasteiger partial charge on any atom is -0.480 e. The molecule has 1 fully saturated rings. The molecule has 1 amide bonds. The average Bonchev–Trinajstić information content (AvgIpc) is 2.90. The van der Waals surface area contributed by atoms with Crippen LogP contribution in [0.2, 0.25) is 0 Å². The van der Waals surface area contributed by atoms with Crippen LogP contribution in [0.4, 0.5) is 0 Å². The van der Waals surface area contributed by atoms with Crippen molar-refractivity contribution in [2.75, 3.05) is 13.2 Å². The maximum Gasteiger partial charge on any atom is 0.326 e. The Morgan fingerprint density at radius 2 is 2.44 bits per heavy atom. The largest absolute Gasteiger partial charge is 0.480 e. The molecule has 0 aliphatic carbocycles. The highest BCUT2D eigenvalue weighted by atomic mass is 32.1. The summed E-state index contributed by atoms with van der Waals surface area (Å²) in [6, 6.07) is -0.917. The minimum atomic E-state index is -1.03. The van der Waals surface area contributed by atoms with Crippen molar-refractivity contribution in [1.82, 2.24) is 10.3 Å². The van der Waals surface area contributed by atoms with E-state index in [4.69, 9.17) is 4.74 Å². The van der Waals surface area contributed by atoms with Gasteiger partial charge >= 0.3 is 5.97 Å². The molecule has 1 saturated heterocycles. The number of carboxylic acid groups (broad SMARTS) is 1. The van der Waals surface area contributed by atoms with Gasteiger partial charge in [0.25, 0.3) is 5.91 Å². The molecule has 6 nitrogen and oxygen atoms in total. The Morgan fingerprint density at radius 3 is 3.00 bits per heavy atom.